The first-order valence-electron chi connectivity index (χ1n) is 3.63. The van der Waals surface area contributed by atoms with Crippen LogP contribution in [-0.2, 0) is 14.3 Å². The number of nitrogens with one attached hydrogen (secondary N) is 1. The summed E-state index contributed by atoms with van der Waals surface area (Å²) in [6, 6.07) is 0. The van der Waals surface area contributed by atoms with E-state index in [1.165, 1.54) is 0 Å². The van der Waals surface area contributed by atoms with E-state index in [0.29, 0.717) is 6.42 Å². The van der Waals surface area contributed by atoms with Crippen LogP contribution >= 0.6 is 0 Å². The average Bonchev–Trinajstić information content (AvgIpc) is 1.86. The molecule has 0 fully saturated rings. The lowest BCUT2D eigenvalue weighted by Crippen LogP contribution is -2.23. The lowest BCUT2D eigenvalue weighted by atomic mass is 10.2. The summed E-state index contributed by atoms with van der Waals surface area (Å²) in [5, 5.41) is 5.40. The molecule has 0 heterocycles. The Morgan fingerprint density at radius 2 is 1.83 bits per heavy atom. The van der Waals surface area contributed by atoms with Crippen LogP contribution in [0.5, 0.6) is 0 Å². The highest BCUT2D eigenvalue weighted by Gasteiger charge is 2.13. The van der Waals surface area contributed by atoms with Gasteiger partial charge in [-0.3, -0.25) is 4.79 Å². The van der Waals surface area contributed by atoms with Crippen molar-refractivity contribution in [3.8, 4) is 0 Å². The number of hydrogen-bond acceptors (Lipinski definition) is 4. The van der Waals surface area contributed by atoms with E-state index in [2.05, 4.69) is 0 Å². The van der Waals surface area contributed by atoms with Gasteiger partial charge in [0.25, 0.3) is 0 Å². The zero-order valence-corrected chi connectivity index (χ0v) is 7.93. The molecule has 0 atom stereocenters. The molecule has 12 heavy (non-hydrogen) atoms. The quantitative estimate of drug-likeness (QED) is 0.372. The van der Waals surface area contributed by atoms with E-state index in [4.69, 9.17) is 14.9 Å². The zero-order valence-electron chi connectivity index (χ0n) is 7.93. The van der Waals surface area contributed by atoms with Crippen molar-refractivity contribution in [3.05, 3.63) is 0 Å². The van der Waals surface area contributed by atoms with Crippen molar-refractivity contribution in [2.75, 3.05) is 0 Å². The standard InChI is InChI=1S/C7H14O2.CHNO/c1-5-6(8)9-7(2,3)4;2-1-3/h5H2,1-4H3;2H. The Balaban J connectivity index is 0. The molecular formula is C8H15NO3. The first-order valence-corrected chi connectivity index (χ1v) is 3.63. The highest BCUT2D eigenvalue weighted by atomic mass is 16.6. The molecule has 0 aromatic heterocycles. The van der Waals surface area contributed by atoms with Crippen LogP contribution in [0.1, 0.15) is 34.1 Å². The molecule has 0 spiro atoms. The van der Waals surface area contributed by atoms with Crippen LogP contribution in [0, 0.1) is 5.41 Å². The third kappa shape index (κ3) is 15.9. The summed E-state index contributed by atoms with van der Waals surface area (Å²) < 4.78 is 4.95. The SMILES string of the molecule is CCC(=O)OC(C)(C)C.N=C=O. The summed E-state index contributed by atoms with van der Waals surface area (Å²) >= 11 is 0. The normalized spacial score (nSPS) is 9.00. The Bertz CT molecular complexity index is 164. The number of esters is 1. The maximum absolute atomic E-state index is 10.6. The molecule has 0 saturated carbocycles. The maximum Gasteiger partial charge on any atom is 0.306 e. The summed E-state index contributed by atoms with van der Waals surface area (Å²) in [5.41, 5.74) is -0.326. The van der Waals surface area contributed by atoms with E-state index in [1.807, 2.05) is 20.8 Å². The number of rotatable bonds is 1. The van der Waals surface area contributed by atoms with Gasteiger partial charge >= 0.3 is 5.97 Å². The van der Waals surface area contributed by atoms with E-state index in [0.717, 1.165) is 6.08 Å². The maximum atomic E-state index is 10.6. The molecule has 0 aliphatic heterocycles. The van der Waals surface area contributed by atoms with Crippen LogP contribution in [0.15, 0.2) is 0 Å². The summed E-state index contributed by atoms with van der Waals surface area (Å²) in [6.07, 6.45) is 1.21. The van der Waals surface area contributed by atoms with Crippen LogP contribution in [0.4, 0.5) is 0 Å². The van der Waals surface area contributed by atoms with E-state index in [9.17, 15) is 4.79 Å². The topological polar surface area (TPSA) is 67.2 Å². The fourth-order valence-corrected chi connectivity index (χ4v) is 0.414. The largest absolute Gasteiger partial charge is 0.460 e. The number of carbonyl (C=O) groups excluding carboxylic acids is 2. The second kappa shape index (κ2) is 6.55. The minimum Gasteiger partial charge on any atom is -0.460 e. The fourth-order valence-electron chi connectivity index (χ4n) is 0.414. The number of carbonyl (C=O) groups is 1. The fraction of sp³-hybridized carbons (Fsp3) is 0.750. The van der Waals surface area contributed by atoms with Gasteiger partial charge in [-0.05, 0) is 20.8 Å². The molecule has 0 aromatic rings. The van der Waals surface area contributed by atoms with Crippen molar-refractivity contribution in [2.24, 2.45) is 0 Å². The molecule has 0 aromatic carbocycles. The van der Waals surface area contributed by atoms with E-state index >= 15 is 0 Å². The molecular weight excluding hydrogens is 158 g/mol. The van der Waals surface area contributed by atoms with E-state index in [1.54, 1.807) is 6.92 Å². The van der Waals surface area contributed by atoms with Crippen LogP contribution in [0.25, 0.3) is 0 Å². The molecule has 0 unspecified atom stereocenters. The lowest BCUT2D eigenvalue weighted by Gasteiger charge is -2.18. The zero-order chi connectivity index (χ0) is 10.2. The van der Waals surface area contributed by atoms with Gasteiger partial charge in [-0.2, -0.15) is 0 Å². The van der Waals surface area contributed by atoms with Crippen LogP contribution in [0.3, 0.4) is 0 Å². The molecule has 0 aliphatic rings. The number of isocyanates is 1. The van der Waals surface area contributed by atoms with Crippen molar-refractivity contribution < 1.29 is 14.3 Å². The monoisotopic (exact) mass is 173 g/mol. The Morgan fingerprint density at radius 3 is 1.92 bits per heavy atom. The van der Waals surface area contributed by atoms with Gasteiger partial charge in [0.2, 0.25) is 6.08 Å². The van der Waals surface area contributed by atoms with Gasteiger partial charge in [-0.15, -0.1) is 0 Å². The lowest BCUT2D eigenvalue weighted by molar-refractivity contribution is -0.154. The van der Waals surface area contributed by atoms with E-state index in [-0.39, 0.29) is 11.6 Å². The summed E-state index contributed by atoms with van der Waals surface area (Å²) in [5.74, 6) is -0.137. The third-order valence-electron chi connectivity index (χ3n) is 0.709. The number of ether oxygens (including phenoxy) is 1. The Morgan fingerprint density at radius 1 is 1.50 bits per heavy atom. The molecule has 0 aliphatic carbocycles. The molecule has 0 bridgehead atoms. The molecule has 4 heteroatoms. The molecule has 0 rings (SSSR count). The molecule has 0 saturated heterocycles. The molecule has 4 nitrogen and oxygen atoms in total. The van der Waals surface area contributed by atoms with Crippen molar-refractivity contribution in [1.82, 2.24) is 0 Å². The second-order valence-corrected chi connectivity index (χ2v) is 3.04. The smallest absolute Gasteiger partial charge is 0.306 e. The van der Waals surface area contributed by atoms with Crippen molar-refractivity contribution in [3.63, 3.8) is 0 Å². The van der Waals surface area contributed by atoms with Gasteiger partial charge in [-0.1, -0.05) is 6.92 Å². The van der Waals surface area contributed by atoms with Gasteiger partial charge in [0.05, 0.1) is 0 Å². The van der Waals surface area contributed by atoms with Crippen LogP contribution in [-0.4, -0.2) is 17.7 Å². The summed E-state index contributed by atoms with van der Waals surface area (Å²) in [7, 11) is 0. The second-order valence-electron chi connectivity index (χ2n) is 3.04. The van der Waals surface area contributed by atoms with Gasteiger partial charge < -0.3 is 4.74 Å². The summed E-state index contributed by atoms with van der Waals surface area (Å²) in [4.78, 5) is 19.0. The van der Waals surface area contributed by atoms with Crippen molar-refractivity contribution in [1.29, 1.82) is 5.41 Å². The molecule has 0 radical (unpaired) electrons. The Kier molecular flexibility index (Phi) is 7.34. The van der Waals surface area contributed by atoms with Crippen LogP contribution in [0.2, 0.25) is 0 Å². The first-order chi connectivity index (χ1) is 5.37. The minimum absolute atomic E-state index is 0.137. The average molecular weight is 173 g/mol. The number of hydrogen-bond donors (Lipinski definition) is 1. The van der Waals surface area contributed by atoms with Gasteiger partial charge in [0, 0.05) is 6.42 Å². The van der Waals surface area contributed by atoms with Crippen molar-refractivity contribution in [2.45, 2.75) is 39.7 Å². The molecule has 1 N–H and O–H groups in total. The highest BCUT2D eigenvalue weighted by molar-refractivity contribution is 5.69. The Hall–Kier alpha value is -1.15. The van der Waals surface area contributed by atoms with Crippen molar-refractivity contribution >= 4 is 12.0 Å². The predicted octanol–water partition coefficient (Wildman–Crippen LogP) is 1.64. The van der Waals surface area contributed by atoms with E-state index < -0.39 is 0 Å². The Labute approximate surface area is 72.4 Å². The molecule has 0 amide bonds. The summed E-state index contributed by atoms with van der Waals surface area (Å²) in [6.45, 7) is 7.37. The van der Waals surface area contributed by atoms with Crippen LogP contribution < -0.4 is 0 Å². The third-order valence-corrected chi connectivity index (χ3v) is 0.709. The first kappa shape index (κ1) is 13.4. The van der Waals surface area contributed by atoms with Gasteiger partial charge in [0.15, 0.2) is 0 Å². The molecule has 70 valence electrons. The minimum atomic E-state index is -0.326. The highest BCUT2D eigenvalue weighted by Crippen LogP contribution is 2.07. The van der Waals surface area contributed by atoms with Gasteiger partial charge in [0.1, 0.15) is 5.60 Å². The van der Waals surface area contributed by atoms with Gasteiger partial charge in [-0.25, -0.2) is 10.2 Å². The predicted molar refractivity (Wildman–Crippen MR) is 44.5 cm³/mol.